The highest BCUT2D eigenvalue weighted by molar-refractivity contribution is 5.95. The van der Waals surface area contributed by atoms with E-state index in [-0.39, 0.29) is 0 Å². The predicted molar refractivity (Wildman–Crippen MR) is 63.6 cm³/mol. The molecule has 1 fully saturated rings. The Morgan fingerprint density at radius 2 is 1.93 bits per heavy atom. The van der Waals surface area contributed by atoms with Gasteiger partial charge in [0.1, 0.15) is 0 Å². The van der Waals surface area contributed by atoms with Crippen molar-refractivity contribution in [1.29, 1.82) is 0 Å². The van der Waals surface area contributed by atoms with Crippen LogP contribution in [0.4, 0.5) is 0 Å². The molecule has 0 N–H and O–H groups in total. The van der Waals surface area contributed by atoms with Crippen molar-refractivity contribution in [3.63, 3.8) is 0 Å². The van der Waals surface area contributed by atoms with Crippen molar-refractivity contribution in [3.8, 4) is 0 Å². The Balaban J connectivity index is 2.77. The smallest absolute Gasteiger partial charge is 0.160 e. The number of allylic oxidation sites excluding steroid dienone is 1. The molecule has 0 spiro atoms. The lowest BCUT2D eigenvalue weighted by atomic mass is 9.71. The molecule has 0 heterocycles. The molecule has 0 aromatic rings. The maximum Gasteiger partial charge on any atom is 0.160 e. The van der Waals surface area contributed by atoms with Crippen LogP contribution in [0.15, 0.2) is 11.8 Å². The lowest BCUT2D eigenvalue weighted by Gasteiger charge is -2.34. The van der Waals surface area contributed by atoms with E-state index in [4.69, 9.17) is 0 Å². The van der Waals surface area contributed by atoms with Crippen LogP contribution in [-0.4, -0.2) is 24.8 Å². The van der Waals surface area contributed by atoms with E-state index in [2.05, 4.69) is 20.8 Å². The molecule has 1 atom stereocenters. The summed E-state index contributed by atoms with van der Waals surface area (Å²) in [6.07, 6.45) is 4.70. The summed E-state index contributed by atoms with van der Waals surface area (Å²) in [6.45, 7) is 6.79. The highest BCUT2D eigenvalue weighted by atomic mass is 16.1. The van der Waals surface area contributed by atoms with Crippen molar-refractivity contribution in [3.05, 3.63) is 11.8 Å². The monoisotopic (exact) mass is 209 g/mol. The Kier molecular flexibility index (Phi) is 3.58. The fourth-order valence-corrected chi connectivity index (χ4v) is 2.12. The maximum absolute atomic E-state index is 11.7. The molecule has 2 nitrogen and oxygen atoms in total. The van der Waals surface area contributed by atoms with Gasteiger partial charge in [-0.25, -0.2) is 0 Å². The third kappa shape index (κ3) is 3.37. The predicted octanol–water partition coefficient (Wildman–Crippen LogP) is 2.85. The van der Waals surface area contributed by atoms with Crippen LogP contribution in [0.25, 0.3) is 0 Å². The molecule has 15 heavy (non-hydrogen) atoms. The summed E-state index contributed by atoms with van der Waals surface area (Å²) in [6, 6.07) is 0. The molecule has 1 aliphatic rings. The first-order chi connectivity index (χ1) is 6.80. The molecule has 0 aromatic carbocycles. The van der Waals surface area contributed by atoms with Gasteiger partial charge in [0.15, 0.2) is 5.78 Å². The lowest BCUT2D eigenvalue weighted by Crippen LogP contribution is -2.28. The Morgan fingerprint density at radius 1 is 1.33 bits per heavy atom. The molecular formula is C13H23NO. The Hall–Kier alpha value is -0.790. The summed E-state index contributed by atoms with van der Waals surface area (Å²) >= 11 is 0. The summed E-state index contributed by atoms with van der Waals surface area (Å²) in [5, 5.41) is 0. The van der Waals surface area contributed by atoms with Crippen LogP contribution in [0.2, 0.25) is 0 Å². The third-order valence-corrected chi connectivity index (χ3v) is 3.18. The quantitative estimate of drug-likeness (QED) is 0.619. The molecule has 0 radical (unpaired) electrons. The Bertz CT molecular complexity index is 271. The van der Waals surface area contributed by atoms with E-state index in [1.807, 2.05) is 25.2 Å². The minimum Gasteiger partial charge on any atom is -0.383 e. The van der Waals surface area contributed by atoms with Crippen molar-refractivity contribution in [2.24, 2.45) is 11.3 Å². The summed E-state index contributed by atoms with van der Waals surface area (Å²) < 4.78 is 0. The van der Waals surface area contributed by atoms with Crippen LogP contribution in [0.1, 0.15) is 40.0 Å². The normalized spacial score (nSPS) is 25.8. The zero-order valence-corrected chi connectivity index (χ0v) is 10.6. The zero-order chi connectivity index (χ0) is 11.6. The van der Waals surface area contributed by atoms with Gasteiger partial charge in [-0.2, -0.15) is 0 Å². The van der Waals surface area contributed by atoms with Gasteiger partial charge in [-0.3, -0.25) is 4.79 Å². The Morgan fingerprint density at radius 3 is 2.40 bits per heavy atom. The molecule has 0 bridgehead atoms. The van der Waals surface area contributed by atoms with Gasteiger partial charge in [-0.15, -0.1) is 0 Å². The summed E-state index contributed by atoms with van der Waals surface area (Å²) in [5.74, 6) is 0.977. The van der Waals surface area contributed by atoms with Crippen molar-refractivity contribution in [2.75, 3.05) is 14.1 Å². The minimum atomic E-state index is 0.312. The van der Waals surface area contributed by atoms with E-state index in [0.717, 1.165) is 24.8 Å². The molecule has 86 valence electrons. The van der Waals surface area contributed by atoms with Gasteiger partial charge < -0.3 is 4.90 Å². The fourth-order valence-electron chi connectivity index (χ4n) is 2.12. The molecule has 2 heteroatoms. The Labute approximate surface area is 93.3 Å². The number of carbonyl (C=O) groups excluding carboxylic acids is 1. The number of carbonyl (C=O) groups is 1. The number of nitrogens with zero attached hydrogens (tertiary/aromatic N) is 1. The SMILES string of the molecule is CN(C)/C=C1/CC(C(C)(C)C)CCC1=O. The molecule has 0 aromatic heterocycles. The zero-order valence-electron chi connectivity index (χ0n) is 10.6. The van der Waals surface area contributed by atoms with Crippen LogP contribution in [0.5, 0.6) is 0 Å². The third-order valence-electron chi connectivity index (χ3n) is 3.18. The second-order valence-electron chi connectivity index (χ2n) is 5.85. The first-order valence-electron chi connectivity index (χ1n) is 5.71. The number of Topliss-reactive ketones (excluding diaryl/α,β-unsaturated/α-hetero) is 1. The fraction of sp³-hybridized carbons (Fsp3) is 0.769. The second-order valence-corrected chi connectivity index (χ2v) is 5.85. The number of hydrogen-bond acceptors (Lipinski definition) is 2. The lowest BCUT2D eigenvalue weighted by molar-refractivity contribution is -0.117. The molecule has 0 aliphatic heterocycles. The van der Waals surface area contributed by atoms with Gasteiger partial charge >= 0.3 is 0 Å². The number of rotatable bonds is 1. The molecular weight excluding hydrogens is 186 g/mol. The highest BCUT2D eigenvalue weighted by Crippen LogP contribution is 2.38. The minimum absolute atomic E-state index is 0.312. The highest BCUT2D eigenvalue weighted by Gasteiger charge is 2.31. The van der Waals surface area contributed by atoms with Gasteiger partial charge in [0.2, 0.25) is 0 Å². The van der Waals surface area contributed by atoms with Crippen molar-refractivity contribution in [1.82, 2.24) is 4.90 Å². The molecule has 1 aliphatic carbocycles. The summed E-state index contributed by atoms with van der Waals surface area (Å²) in [5.41, 5.74) is 1.32. The average molecular weight is 209 g/mol. The van der Waals surface area contributed by atoms with Crippen molar-refractivity contribution in [2.45, 2.75) is 40.0 Å². The van der Waals surface area contributed by atoms with E-state index in [1.54, 1.807) is 0 Å². The van der Waals surface area contributed by atoms with Crippen LogP contribution < -0.4 is 0 Å². The van der Waals surface area contributed by atoms with Crippen LogP contribution in [-0.2, 0) is 4.79 Å². The summed E-state index contributed by atoms with van der Waals surface area (Å²) in [7, 11) is 3.95. The molecule has 0 amide bonds. The molecule has 0 saturated heterocycles. The van der Waals surface area contributed by atoms with E-state index in [0.29, 0.717) is 17.1 Å². The molecule has 1 rings (SSSR count). The second kappa shape index (κ2) is 4.38. The van der Waals surface area contributed by atoms with Gasteiger partial charge in [-0.1, -0.05) is 20.8 Å². The first kappa shape index (κ1) is 12.3. The topological polar surface area (TPSA) is 20.3 Å². The average Bonchev–Trinajstić information content (AvgIpc) is 2.06. The largest absolute Gasteiger partial charge is 0.383 e. The summed E-state index contributed by atoms with van der Waals surface area (Å²) in [4.78, 5) is 13.7. The van der Waals surface area contributed by atoms with Crippen LogP contribution in [0.3, 0.4) is 0 Å². The number of hydrogen-bond donors (Lipinski definition) is 0. The van der Waals surface area contributed by atoms with Crippen molar-refractivity contribution >= 4 is 5.78 Å². The molecule has 1 saturated carbocycles. The molecule has 1 unspecified atom stereocenters. The van der Waals surface area contributed by atoms with Gasteiger partial charge in [0.25, 0.3) is 0 Å². The number of ketones is 1. The standard InChI is InChI=1S/C13H23NO/c1-13(2,3)11-6-7-12(15)10(8-11)9-14(4)5/h9,11H,6-8H2,1-5H3/b10-9-. The van der Waals surface area contributed by atoms with E-state index in [9.17, 15) is 4.79 Å². The van der Waals surface area contributed by atoms with Crippen molar-refractivity contribution < 1.29 is 4.79 Å². The first-order valence-corrected chi connectivity index (χ1v) is 5.71. The van der Waals surface area contributed by atoms with Gasteiger partial charge in [0, 0.05) is 32.3 Å². The van der Waals surface area contributed by atoms with Crippen LogP contribution in [0, 0.1) is 11.3 Å². The van der Waals surface area contributed by atoms with E-state index in [1.165, 1.54) is 0 Å². The van der Waals surface area contributed by atoms with Crippen LogP contribution >= 0.6 is 0 Å². The van der Waals surface area contributed by atoms with Gasteiger partial charge in [-0.05, 0) is 24.2 Å². The van der Waals surface area contributed by atoms with E-state index < -0.39 is 0 Å². The maximum atomic E-state index is 11.7. The van der Waals surface area contributed by atoms with E-state index >= 15 is 0 Å². The van der Waals surface area contributed by atoms with Gasteiger partial charge in [0.05, 0.1) is 0 Å².